The summed E-state index contributed by atoms with van der Waals surface area (Å²) in [6, 6.07) is 0. The van der Waals surface area contributed by atoms with E-state index in [-0.39, 0.29) is 11.1 Å². The largest absolute Gasteiger partial charge is 0.315 e. The normalized spacial score (nSPS) is 11.5. The summed E-state index contributed by atoms with van der Waals surface area (Å²) in [5.74, 6) is 0. The van der Waals surface area contributed by atoms with Gasteiger partial charge in [-0.25, -0.2) is 19.9 Å². The van der Waals surface area contributed by atoms with Crippen molar-refractivity contribution in [3.63, 3.8) is 0 Å². The van der Waals surface area contributed by atoms with E-state index < -0.39 is 0 Å². The predicted octanol–water partition coefficient (Wildman–Crippen LogP) is -0.357. The number of aryl methyl sites for hydroxylation is 2. The maximum Gasteiger partial charge on any atom is 0.278 e. The maximum atomic E-state index is 11.6. The first-order chi connectivity index (χ1) is 11.2. The van der Waals surface area contributed by atoms with Crippen LogP contribution >= 0.6 is 0 Å². The maximum absolute atomic E-state index is 11.6. The minimum Gasteiger partial charge on any atom is -0.315 e. The van der Waals surface area contributed by atoms with E-state index in [2.05, 4.69) is 29.9 Å². The second-order valence-electron chi connectivity index (χ2n) is 5.04. The summed E-state index contributed by atoms with van der Waals surface area (Å²) >= 11 is 0. The van der Waals surface area contributed by atoms with Crippen LogP contribution in [0.2, 0.25) is 0 Å². The summed E-state index contributed by atoms with van der Waals surface area (Å²) in [5.41, 5.74) is 1.26. The van der Waals surface area contributed by atoms with Crippen LogP contribution in [-0.2, 0) is 13.1 Å². The van der Waals surface area contributed by atoms with Crippen molar-refractivity contribution in [3.8, 4) is 0 Å². The Hall–Kier alpha value is -3.30. The Balaban J connectivity index is 1.55. The molecule has 0 spiro atoms. The number of H-pyrrole nitrogens is 2. The van der Waals surface area contributed by atoms with Crippen LogP contribution in [0.25, 0.3) is 22.3 Å². The lowest BCUT2D eigenvalue weighted by Crippen LogP contribution is -2.09. The number of nitrogens with one attached hydrogen (secondary N) is 2. The molecule has 0 radical (unpaired) electrons. The van der Waals surface area contributed by atoms with Crippen LogP contribution in [0, 0.1) is 0 Å². The van der Waals surface area contributed by atoms with Gasteiger partial charge in [0.05, 0.1) is 25.3 Å². The molecule has 4 aromatic rings. The number of hydrogen-bond donors (Lipinski definition) is 2. The van der Waals surface area contributed by atoms with Crippen molar-refractivity contribution in [3.05, 3.63) is 46.0 Å². The second-order valence-corrected chi connectivity index (χ2v) is 5.04. The van der Waals surface area contributed by atoms with E-state index in [4.69, 9.17) is 0 Å². The molecule has 0 saturated heterocycles. The van der Waals surface area contributed by atoms with Gasteiger partial charge >= 0.3 is 0 Å². The van der Waals surface area contributed by atoms with Crippen molar-refractivity contribution >= 4 is 22.3 Å². The Kier molecular flexibility index (Phi) is 3.00. The van der Waals surface area contributed by atoms with Gasteiger partial charge in [-0.15, -0.1) is 0 Å². The van der Waals surface area contributed by atoms with Crippen LogP contribution in [0.1, 0.15) is 6.42 Å². The van der Waals surface area contributed by atoms with Gasteiger partial charge in [-0.1, -0.05) is 0 Å². The molecule has 0 unspecified atom stereocenters. The summed E-state index contributed by atoms with van der Waals surface area (Å²) in [6.45, 7) is 1.27. The third-order valence-electron chi connectivity index (χ3n) is 3.61. The number of fused-ring (bicyclic) bond motifs is 2. The highest BCUT2D eigenvalue weighted by Crippen LogP contribution is 2.08. The van der Waals surface area contributed by atoms with Crippen LogP contribution in [0.3, 0.4) is 0 Å². The van der Waals surface area contributed by atoms with E-state index in [1.54, 1.807) is 12.7 Å². The number of hydrogen-bond acceptors (Lipinski definition) is 6. The third-order valence-corrected chi connectivity index (χ3v) is 3.61. The highest BCUT2D eigenvalue weighted by Gasteiger charge is 2.09. The van der Waals surface area contributed by atoms with E-state index in [1.807, 2.05) is 9.13 Å². The van der Waals surface area contributed by atoms with Crippen LogP contribution in [0.15, 0.2) is 34.9 Å². The molecule has 0 atom stereocenters. The lowest BCUT2D eigenvalue weighted by atomic mass is 10.4. The Labute approximate surface area is 127 Å². The van der Waals surface area contributed by atoms with Gasteiger partial charge in [-0.3, -0.25) is 9.59 Å². The van der Waals surface area contributed by atoms with Gasteiger partial charge in [0.2, 0.25) is 0 Å². The molecule has 0 aliphatic rings. The summed E-state index contributed by atoms with van der Waals surface area (Å²) in [6.07, 6.45) is 6.68. The zero-order valence-corrected chi connectivity index (χ0v) is 11.9. The van der Waals surface area contributed by atoms with Crippen LogP contribution in [-0.4, -0.2) is 39.0 Å². The lowest BCUT2D eigenvalue weighted by molar-refractivity contribution is 0.575. The molecule has 0 fully saturated rings. The standard InChI is InChI=1S/C13H12N8O2/c22-12-8-10(14-4-16-12)20(6-18-8)2-1-3-21-7-19-9-11(21)15-5-17-13(9)23/h4-7H,1-3H2,(H,14,16,22)(H,15,17,23). The number of nitrogens with zero attached hydrogens (tertiary/aromatic N) is 6. The molecular formula is C13H12N8O2. The zero-order chi connectivity index (χ0) is 15.8. The van der Waals surface area contributed by atoms with Gasteiger partial charge in [0.25, 0.3) is 11.1 Å². The van der Waals surface area contributed by atoms with Crippen molar-refractivity contribution in [2.75, 3.05) is 0 Å². The number of aromatic amines is 2. The van der Waals surface area contributed by atoms with E-state index >= 15 is 0 Å². The summed E-state index contributed by atoms with van der Waals surface area (Å²) in [4.78, 5) is 44.6. The molecule has 0 aliphatic carbocycles. The Morgan fingerprint density at radius 2 is 1.26 bits per heavy atom. The molecule has 116 valence electrons. The van der Waals surface area contributed by atoms with Crippen molar-refractivity contribution in [2.45, 2.75) is 19.5 Å². The van der Waals surface area contributed by atoms with Crippen molar-refractivity contribution in [1.29, 1.82) is 0 Å². The molecule has 0 amide bonds. The topological polar surface area (TPSA) is 127 Å². The smallest absolute Gasteiger partial charge is 0.278 e. The Morgan fingerprint density at radius 3 is 1.74 bits per heavy atom. The molecule has 4 rings (SSSR count). The van der Waals surface area contributed by atoms with E-state index in [9.17, 15) is 9.59 Å². The average molecular weight is 312 g/mol. The van der Waals surface area contributed by atoms with Crippen LogP contribution in [0.5, 0.6) is 0 Å². The van der Waals surface area contributed by atoms with Gasteiger partial charge in [-0.2, -0.15) is 0 Å². The fourth-order valence-corrected chi connectivity index (χ4v) is 2.52. The van der Waals surface area contributed by atoms with Crippen molar-refractivity contribution in [2.24, 2.45) is 0 Å². The molecular weight excluding hydrogens is 300 g/mol. The molecule has 2 N–H and O–H groups in total. The third kappa shape index (κ3) is 2.20. The SMILES string of the molecule is O=c1[nH]cnc2c1ncn2CCCn1cnc2c(=O)[nH]cnc21. The second kappa shape index (κ2) is 5.16. The molecule has 0 aliphatic heterocycles. The minimum absolute atomic E-state index is 0.252. The van der Waals surface area contributed by atoms with E-state index in [1.165, 1.54) is 12.7 Å². The number of aromatic nitrogens is 8. The van der Waals surface area contributed by atoms with Gasteiger partial charge in [0.1, 0.15) is 0 Å². The summed E-state index contributed by atoms with van der Waals surface area (Å²) < 4.78 is 3.65. The van der Waals surface area contributed by atoms with E-state index in [0.717, 1.165) is 6.42 Å². The molecule has 0 aromatic carbocycles. The first-order valence-electron chi connectivity index (χ1n) is 7.01. The highest BCUT2D eigenvalue weighted by molar-refractivity contribution is 5.69. The Morgan fingerprint density at radius 1 is 0.783 bits per heavy atom. The predicted molar refractivity (Wildman–Crippen MR) is 80.9 cm³/mol. The fourth-order valence-electron chi connectivity index (χ4n) is 2.52. The molecule has 10 heteroatoms. The molecule has 0 saturated carbocycles. The summed E-state index contributed by atoms with van der Waals surface area (Å²) in [7, 11) is 0. The Bertz CT molecular complexity index is 1010. The van der Waals surface area contributed by atoms with Crippen molar-refractivity contribution < 1.29 is 0 Å². The lowest BCUT2D eigenvalue weighted by Gasteiger charge is -2.05. The van der Waals surface area contributed by atoms with Gasteiger partial charge in [0.15, 0.2) is 22.3 Å². The van der Waals surface area contributed by atoms with Gasteiger partial charge < -0.3 is 19.1 Å². The first kappa shape index (κ1) is 13.4. The summed E-state index contributed by atoms with van der Waals surface area (Å²) in [5, 5.41) is 0. The van der Waals surface area contributed by atoms with E-state index in [0.29, 0.717) is 35.4 Å². The monoisotopic (exact) mass is 312 g/mol. The molecule has 0 bridgehead atoms. The first-order valence-corrected chi connectivity index (χ1v) is 7.01. The molecule has 10 nitrogen and oxygen atoms in total. The molecule has 23 heavy (non-hydrogen) atoms. The van der Waals surface area contributed by atoms with Gasteiger partial charge in [0, 0.05) is 13.1 Å². The fraction of sp³-hybridized carbons (Fsp3) is 0.231. The van der Waals surface area contributed by atoms with Crippen LogP contribution < -0.4 is 11.1 Å². The number of imidazole rings is 2. The zero-order valence-electron chi connectivity index (χ0n) is 11.9. The average Bonchev–Trinajstić information content (AvgIpc) is 3.14. The highest BCUT2D eigenvalue weighted by atomic mass is 16.1. The van der Waals surface area contributed by atoms with Crippen LogP contribution in [0.4, 0.5) is 0 Å². The number of rotatable bonds is 4. The quantitative estimate of drug-likeness (QED) is 0.530. The van der Waals surface area contributed by atoms with Gasteiger partial charge in [-0.05, 0) is 6.42 Å². The minimum atomic E-state index is -0.252. The van der Waals surface area contributed by atoms with Crippen molar-refractivity contribution in [1.82, 2.24) is 39.0 Å². The molecule has 4 aromatic heterocycles. The molecule has 4 heterocycles.